The molecule has 82 valence electrons. The predicted molar refractivity (Wildman–Crippen MR) is 60.8 cm³/mol. The Bertz CT molecular complexity index is 336. The number of hydrogen-bond acceptors (Lipinski definition) is 3. The van der Waals surface area contributed by atoms with Crippen molar-refractivity contribution in [2.24, 2.45) is 11.7 Å². The van der Waals surface area contributed by atoms with E-state index in [-0.39, 0.29) is 11.7 Å². The van der Waals surface area contributed by atoms with Gasteiger partial charge in [0.1, 0.15) is 0 Å². The molecule has 0 aliphatic rings. The van der Waals surface area contributed by atoms with Gasteiger partial charge >= 0.3 is 0 Å². The summed E-state index contributed by atoms with van der Waals surface area (Å²) in [5, 5.41) is 0. The Balaban J connectivity index is 2.88. The molecule has 1 heterocycles. The van der Waals surface area contributed by atoms with Crippen LogP contribution in [0.3, 0.4) is 0 Å². The first kappa shape index (κ1) is 11.9. The van der Waals surface area contributed by atoms with Crippen molar-refractivity contribution in [3.8, 4) is 0 Å². The molecule has 0 saturated heterocycles. The number of pyridine rings is 1. The van der Waals surface area contributed by atoms with E-state index in [2.05, 4.69) is 11.9 Å². The molecular formula is C12H18N2O. The van der Waals surface area contributed by atoms with Crippen molar-refractivity contribution >= 4 is 5.78 Å². The average molecular weight is 206 g/mol. The Hall–Kier alpha value is -1.22. The molecule has 3 heteroatoms. The third-order valence-corrected chi connectivity index (χ3v) is 2.60. The van der Waals surface area contributed by atoms with Crippen LogP contribution >= 0.6 is 0 Å². The van der Waals surface area contributed by atoms with Crippen LogP contribution in [0.5, 0.6) is 0 Å². The predicted octanol–water partition coefficient (Wildman–Crippen LogP) is 1.95. The fourth-order valence-electron chi connectivity index (χ4n) is 1.65. The lowest BCUT2D eigenvalue weighted by atomic mass is 9.92. The van der Waals surface area contributed by atoms with Crippen LogP contribution in [0.4, 0.5) is 0 Å². The maximum Gasteiger partial charge on any atom is 0.169 e. The number of carbonyl (C=O) groups is 1. The first-order chi connectivity index (χ1) is 7.20. The van der Waals surface area contributed by atoms with Gasteiger partial charge in [-0.15, -0.1) is 0 Å². The van der Waals surface area contributed by atoms with Crippen LogP contribution in [0.15, 0.2) is 18.5 Å². The highest BCUT2D eigenvalue weighted by molar-refractivity contribution is 5.98. The molecule has 2 N–H and O–H groups in total. The zero-order chi connectivity index (χ0) is 11.3. The quantitative estimate of drug-likeness (QED) is 0.749. The normalized spacial score (nSPS) is 12.5. The largest absolute Gasteiger partial charge is 0.330 e. The highest BCUT2D eigenvalue weighted by atomic mass is 16.1. The standard InChI is InChI=1S/C12H18N2O/c1-3-4-10(7-13)12(15)11-8-14-6-5-9(11)2/h5-6,8,10H,3-4,7,13H2,1-2H3. The molecule has 0 radical (unpaired) electrons. The Morgan fingerprint density at radius 1 is 1.60 bits per heavy atom. The van der Waals surface area contributed by atoms with Gasteiger partial charge in [0.25, 0.3) is 0 Å². The SMILES string of the molecule is CCCC(CN)C(=O)c1cnccc1C. The summed E-state index contributed by atoms with van der Waals surface area (Å²) in [4.78, 5) is 16.0. The second kappa shape index (κ2) is 5.61. The molecule has 1 atom stereocenters. The lowest BCUT2D eigenvalue weighted by molar-refractivity contribution is 0.0916. The molecule has 0 fully saturated rings. The third-order valence-electron chi connectivity index (χ3n) is 2.60. The molecule has 15 heavy (non-hydrogen) atoms. The number of carbonyl (C=O) groups excluding carboxylic acids is 1. The Kier molecular flexibility index (Phi) is 4.43. The minimum absolute atomic E-state index is 0.0575. The summed E-state index contributed by atoms with van der Waals surface area (Å²) in [7, 11) is 0. The van der Waals surface area contributed by atoms with E-state index in [0.717, 1.165) is 18.4 Å². The van der Waals surface area contributed by atoms with Crippen molar-refractivity contribution in [1.29, 1.82) is 0 Å². The number of Topliss-reactive ketones (excluding diaryl/α,β-unsaturated/α-hetero) is 1. The Morgan fingerprint density at radius 3 is 2.87 bits per heavy atom. The number of aromatic nitrogens is 1. The molecule has 1 rings (SSSR count). The van der Waals surface area contributed by atoms with E-state index in [1.807, 2.05) is 13.0 Å². The van der Waals surface area contributed by atoms with Gasteiger partial charge < -0.3 is 5.73 Å². The molecule has 0 aromatic carbocycles. The van der Waals surface area contributed by atoms with Crippen molar-refractivity contribution < 1.29 is 4.79 Å². The second-order valence-corrected chi connectivity index (χ2v) is 3.78. The lowest BCUT2D eigenvalue weighted by Crippen LogP contribution is -2.24. The molecule has 0 amide bonds. The zero-order valence-corrected chi connectivity index (χ0v) is 9.36. The van der Waals surface area contributed by atoms with Crippen LogP contribution in [-0.2, 0) is 0 Å². The van der Waals surface area contributed by atoms with Gasteiger partial charge in [-0.2, -0.15) is 0 Å². The Labute approximate surface area is 90.7 Å². The van der Waals surface area contributed by atoms with E-state index in [1.165, 1.54) is 0 Å². The summed E-state index contributed by atoms with van der Waals surface area (Å²) in [5.41, 5.74) is 7.29. The number of aryl methyl sites for hydroxylation is 1. The monoisotopic (exact) mass is 206 g/mol. The van der Waals surface area contributed by atoms with E-state index in [1.54, 1.807) is 12.4 Å². The van der Waals surface area contributed by atoms with Crippen LogP contribution in [0.1, 0.15) is 35.7 Å². The van der Waals surface area contributed by atoms with Gasteiger partial charge in [-0.25, -0.2) is 0 Å². The average Bonchev–Trinajstić information content (AvgIpc) is 2.25. The van der Waals surface area contributed by atoms with Crippen molar-refractivity contribution in [2.45, 2.75) is 26.7 Å². The summed E-state index contributed by atoms with van der Waals surface area (Å²) >= 11 is 0. The highest BCUT2D eigenvalue weighted by Gasteiger charge is 2.19. The van der Waals surface area contributed by atoms with E-state index in [4.69, 9.17) is 5.73 Å². The van der Waals surface area contributed by atoms with E-state index < -0.39 is 0 Å². The summed E-state index contributed by atoms with van der Waals surface area (Å²) in [6.07, 6.45) is 5.16. The molecule has 0 aliphatic heterocycles. The molecule has 1 aromatic heterocycles. The molecule has 1 aromatic rings. The van der Waals surface area contributed by atoms with Crippen LogP contribution in [0.25, 0.3) is 0 Å². The van der Waals surface area contributed by atoms with Gasteiger partial charge in [-0.1, -0.05) is 13.3 Å². The molecule has 0 bridgehead atoms. The summed E-state index contributed by atoms with van der Waals surface area (Å²) < 4.78 is 0. The van der Waals surface area contributed by atoms with Gasteiger partial charge in [0.05, 0.1) is 0 Å². The van der Waals surface area contributed by atoms with Crippen molar-refractivity contribution in [3.05, 3.63) is 29.6 Å². The number of nitrogens with two attached hydrogens (primary N) is 1. The summed E-state index contributed by atoms with van der Waals surface area (Å²) in [6, 6.07) is 1.85. The first-order valence-electron chi connectivity index (χ1n) is 5.35. The van der Waals surface area contributed by atoms with Crippen LogP contribution in [0, 0.1) is 12.8 Å². The molecule has 3 nitrogen and oxygen atoms in total. The fraction of sp³-hybridized carbons (Fsp3) is 0.500. The topological polar surface area (TPSA) is 56.0 Å². The fourth-order valence-corrected chi connectivity index (χ4v) is 1.65. The van der Waals surface area contributed by atoms with Gasteiger partial charge in [-0.05, 0) is 25.0 Å². The van der Waals surface area contributed by atoms with E-state index in [9.17, 15) is 4.79 Å². The van der Waals surface area contributed by atoms with Gasteiger partial charge in [-0.3, -0.25) is 9.78 Å². The third kappa shape index (κ3) is 2.86. The lowest BCUT2D eigenvalue weighted by Gasteiger charge is -2.13. The maximum absolute atomic E-state index is 12.1. The van der Waals surface area contributed by atoms with E-state index in [0.29, 0.717) is 12.1 Å². The van der Waals surface area contributed by atoms with Crippen LogP contribution in [0.2, 0.25) is 0 Å². The zero-order valence-electron chi connectivity index (χ0n) is 9.36. The summed E-state index contributed by atoms with van der Waals surface area (Å²) in [5.74, 6) is 0.0721. The number of hydrogen-bond donors (Lipinski definition) is 1. The van der Waals surface area contributed by atoms with Gasteiger partial charge in [0.15, 0.2) is 5.78 Å². The van der Waals surface area contributed by atoms with Crippen molar-refractivity contribution in [2.75, 3.05) is 6.54 Å². The van der Waals surface area contributed by atoms with E-state index >= 15 is 0 Å². The minimum atomic E-state index is -0.0575. The molecular weight excluding hydrogens is 188 g/mol. The van der Waals surface area contributed by atoms with Crippen LogP contribution < -0.4 is 5.73 Å². The summed E-state index contributed by atoms with van der Waals surface area (Å²) in [6.45, 7) is 4.40. The molecule has 0 saturated carbocycles. The maximum atomic E-state index is 12.1. The number of rotatable bonds is 5. The number of ketones is 1. The minimum Gasteiger partial charge on any atom is -0.330 e. The highest BCUT2D eigenvalue weighted by Crippen LogP contribution is 2.15. The van der Waals surface area contributed by atoms with Crippen LogP contribution in [-0.4, -0.2) is 17.3 Å². The Morgan fingerprint density at radius 2 is 2.33 bits per heavy atom. The molecule has 0 aliphatic carbocycles. The van der Waals surface area contributed by atoms with Gasteiger partial charge in [0, 0.05) is 30.4 Å². The molecule has 1 unspecified atom stereocenters. The number of nitrogens with zero attached hydrogens (tertiary/aromatic N) is 1. The van der Waals surface area contributed by atoms with Crippen molar-refractivity contribution in [3.63, 3.8) is 0 Å². The smallest absolute Gasteiger partial charge is 0.169 e. The second-order valence-electron chi connectivity index (χ2n) is 3.78. The van der Waals surface area contributed by atoms with Gasteiger partial charge in [0.2, 0.25) is 0 Å². The first-order valence-corrected chi connectivity index (χ1v) is 5.35. The van der Waals surface area contributed by atoms with Crippen molar-refractivity contribution in [1.82, 2.24) is 4.98 Å². The molecule has 0 spiro atoms.